The van der Waals surface area contributed by atoms with Crippen molar-refractivity contribution in [2.24, 2.45) is 0 Å². The van der Waals surface area contributed by atoms with E-state index >= 15 is 0 Å². The Hall–Kier alpha value is -3.38. The van der Waals surface area contributed by atoms with Crippen LogP contribution in [0.5, 0.6) is 5.88 Å². The van der Waals surface area contributed by atoms with Gasteiger partial charge in [0.1, 0.15) is 0 Å². The molecule has 28 heavy (non-hydrogen) atoms. The highest BCUT2D eigenvalue weighted by molar-refractivity contribution is 6.34. The highest BCUT2D eigenvalue weighted by Gasteiger charge is 2.13. The second-order valence-electron chi connectivity index (χ2n) is 6.27. The molecule has 2 aromatic carbocycles. The van der Waals surface area contributed by atoms with E-state index < -0.39 is 0 Å². The molecule has 0 bridgehead atoms. The lowest BCUT2D eigenvalue weighted by atomic mass is 10.1. The van der Waals surface area contributed by atoms with Crippen molar-refractivity contribution in [3.05, 3.63) is 76.9 Å². The van der Waals surface area contributed by atoms with Crippen LogP contribution in [0.4, 0.5) is 5.69 Å². The van der Waals surface area contributed by atoms with E-state index in [0.29, 0.717) is 27.8 Å². The van der Waals surface area contributed by atoms with E-state index in [0.717, 1.165) is 16.8 Å². The second-order valence-corrected chi connectivity index (χ2v) is 6.68. The molecule has 0 saturated carbocycles. The summed E-state index contributed by atoms with van der Waals surface area (Å²) in [5, 5.41) is 7.67. The second kappa shape index (κ2) is 7.32. The molecule has 0 spiro atoms. The fraction of sp³-hybridized carbons (Fsp3) is 0.0952. The zero-order valence-electron chi connectivity index (χ0n) is 15.3. The fourth-order valence-electron chi connectivity index (χ4n) is 2.86. The van der Waals surface area contributed by atoms with E-state index in [-0.39, 0.29) is 5.91 Å². The van der Waals surface area contributed by atoms with Crippen molar-refractivity contribution in [2.45, 2.75) is 6.92 Å². The topological polar surface area (TPSA) is 68.5 Å². The number of carbonyl (C=O) groups is 1. The van der Waals surface area contributed by atoms with Crippen LogP contribution in [0.1, 0.15) is 15.9 Å². The van der Waals surface area contributed by atoms with E-state index in [1.54, 1.807) is 42.0 Å². The number of anilines is 1. The van der Waals surface area contributed by atoms with Gasteiger partial charge in [-0.1, -0.05) is 35.9 Å². The number of aromatic nitrogens is 3. The minimum atomic E-state index is -0.257. The molecule has 140 valence electrons. The Labute approximate surface area is 166 Å². The van der Waals surface area contributed by atoms with Crippen molar-refractivity contribution >= 4 is 28.8 Å². The first-order chi connectivity index (χ1) is 13.5. The zero-order chi connectivity index (χ0) is 19.7. The van der Waals surface area contributed by atoms with Crippen LogP contribution in [0.15, 0.2) is 60.8 Å². The number of hydrogen-bond acceptors (Lipinski definition) is 4. The van der Waals surface area contributed by atoms with Crippen molar-refractivity contribution < 1.29 is 9.53 Å². The summed E-state index contributed by atoms with van der Waals surface area (Å²) in [6.45, 7) is 1.93. The number of rotatable bonds is 4. The summed E-state index contributed by atoms with van der Waals surface area (Å²) in [5.74, 6) is 0.250. The summed E-state index contributed by atoms with van der Waals surface area (Å²) < 4.78 is 6.81. The van der Waals surface area contributed by atoms with Gasteiger partial charge in [-0.15, -0.1) is 5.10 Å². The molecule has 0 fully saturated rings. The molecule has 2 heterocycles. The van der Waals surface area contributed by atoms with Crippen molar-refractivity contribution in [3.63, 3.8) is 0 Å². The normalized spacial score (nSPS) is 10.8. The monoisotopic (exact) mass is 392 g/mol. The number of ether oxygens (including phenoxy) is 1. The first-order valence-electron chi connectivity index (χ1n) is 8.62. The molecular weight excluding hydrogens is 376 g/mol. The largest absolute Gasteiger partial charge is 0.480 e. The third-order valence-corrected chi connectivity index (χ3v) is 4.73. The summed E-state index contributed by atoms with van der Waals surface area (Å²) in [7, 11) is 1.57. The van der Waals surface area contributed by atoms with Gasteiger partial charge in [0, 0.05) is 17.3 Å². The van der Waals surface area contributed by atoms with Gasteiger partial charge in [0.25, 0.3) is 5.91 Å². The molecule has 4 rings (SSSR count). The van der Waals surface area contributed by atoms with E-state index in [9.17, 15) is 4.79 Å². The van der Waals surface area contributed by atoms with Crippen LogP contribution in [0, 0.1) is 6.92 Å². The lowest BCUT2D eigenvalue weighted by molar-refractivity contribution is 0.102. The predicted octanol–water partition coefficient (Wildman–Crippen LogP) is 4.62. The number of carbonyl (C=O) groups excluding carboxylic acids is 1. The van der Waals surface area contributed by atoms with Crippen LogP contribution in [-0.2, 0) is 0 Å². The van der Waals surface area contributed by atoms with E-state index in [4.69, 9.17) is 16.3 Å². The van der Waals surface area contributed by atoms with Crippen LogP contribution in [0.2, 0.25) is 5.02 Å². The number of hydrogen-bond donors (Lipinski definition) is 1. The summed E-state index contributed by atoms with van der Waals surface area (Å²) >= 11 is 6.13. The summed E-state index contributed by atoms with van der Waals surface area (Å²) in [6, 6.07) is 16.3. The average molecular weight is 393 g/mol. The smallest absolute Gasteiger partial charge is 0.257 e. The molecule has 0 aliphatic heterocycles. The van der Waals surface area contributed by atoms with E-state index in [1.165, 1.54) is 0 Å². The Kier molecular flexibility index (Phi) is 4.71. The molecule has 0 saturated heterocycles. The Bertz CT molecular complexity index is 1190. The molecule has 0 aliphatic carbocycles. The zero-order valence-corrected chi connectivity index (χ0v) is 16.1. The van der Waals surface area contributed by atoms with Crippen LogP contribution < -0.4 is 10.1 Å². The van der Waals surface area contributed by atoms with Gasteiger partial charge in [-0.05, 0) is 36.8 Å². The third-order valence-electron chi connectivity index (χ3n) is 4.40. The number of fused-ring (bicyclic) bond motifs is 1. The average Bonchev–Trinajstić information content (AvgIpc) is 3.13. The molecule has 0 unspecified atom stereocenters. The first kappa shape index (κ1) is 18.0. The first-order valence-corrected chi connectivity index (χ1v) is 9.00. The third kappa shape index (κ3) is 3.42. The van der Waals surface area contributed by atoms with Gasteiger partial charge >= 0.3 is 0 Å². The SMILES string of the molecule is COc1ccc2nc(-c3ccc(C)c(NC(=O)c4ccccc4Cl)c3)cn2n1. The molecule has 6 nitrogen and oxygen atoms in total. The molecular formula is C21H17ClN4O2. The molecule has 0 radical (unpaired) electrons. The standard InChI is InChI=1S/C21H17ClN4O2/c1-13-7-8-14(18-12-26-19(23-18)9-10-20(25-26)28-2)11-17(13)24-21(27)15-5-3-4-6-16(15)22/h3-12H,1-2H3,(H,24,27). The summed E-state index contributed by atoms with van der Waals surface area (Å²) in [5.41, 5.74) is 4.38. The van der Waals surface area contributed by atoms with Gasteiger partial charge in [-0.2, -0.15) is 0 Å². The van der Waals surface area contributed by atoms with E-state index in [2.05, 4.69) is 15.4 Å². The number of amides is 1. The lowest BCUT2D eigenvalue weighted by Crippen LogP contribution is -2.13. The van der Waals surface area contributed by atoms with Crippen LogP contribution >= 0.6 is 11.6 Å². The number of nitrogens with zero attached hydrogens (tertiary/aromatic N) is 3. The molecule has 0 atom stereocenters. The van der Waals surface area contributed by atoms with Gasteiger partial charge < -0.3 is 10.1 Å². The molecule has 4 aromatic rings. The lowest BCUT2D eigenvalue weighted by Gasteiger charge is -2.11. The highest BCUT2D eigenvalue weighted by Crippen LogP contribution is 2.26. The molecule has 0 aliphatic rings. The number of methoxy groups -OCH3 is 1. The van der Waals surface area contributed by atoms with Crippen LogP contribution in [0.3, 0.4) is 0 Å². The number of aryl methyl sites for hydroxylation is 1. The number of halogens is 1. The van der Waals surface area contributed by atoms with Crippen molar-refractivity contribution in [2.75, 3.05) is 12.4 Å². The van der Waals surface area contributed by atoms with Gasteiger partial charge in [-0.3, -0.25) is 4.79 Å². The van der Waals surface area contributed by atoms with Gasteiger partial charge in [0.15, 0.2) is 5.65 Å². The maximum atomic E-state index is 12.6. The summed E-state index contributed by atoms with van der Waals surface area (Å²) in [4.78, 5) is 17.2. The molecule has 2 aromatic heterocycles. The van der Waals surface area contributed by atoms with Crippen molar-refractivity contribution in [1.29, 1.82) is 0 Å². The number of imidazole rings is 1. The van der Waals surface area contributed by atoms with Crippen LogP contribution in [0.25, 0.3) is 16.9 Å². The minimum absolute atomic E-state index is 0.257. The van der Waals surface area contributed by atoms with Crippen molar-refractivity contribution in [3.8, 4) is 17.1 Å². The summed E-state index contributed by atoms with van der Waals surface area (Å²) in [6.07, 6.45) is 1.82. The molecule has 1 amide bonds. The van der Waals surface area contributed by atoms with E-state index in [1.807, 2.05) is 37.4 Å². The number of benzene rings is 2. The number of nitrogens with one attached hydrogen (secondary N) is 1. The fourth-order valence-corrected chi connectivity index (χ4v) is 3.09. The van der Waals surface area contributed by atoms with Crippen molar-refractivity contribution in [1.82, 2.24) is 14.6 Å². The highest BCUT2D eigenvalue weighted by atomic mass is 35.5. The minimum Gasteiger partial charge on any atom is -0.480 e. The van der Waals surface area contributed by atoms with Gasteiger partial charge in [-0.25, -0.2) is 9.50 Å². The van der Waals surface area contributed by atoms with Gasteiger partial charge in [0.2, 0.25) is 5.88 Å². The maximum absolute atomic E-state index is 12.6. The van der Waals surface area contributed by atoms with Crippen LogP contribution in [-0.4, -0.2) is 27.6 Å². The molecule has 7 heteroatoms. The Morgan fingerprint density at radius 3 is 2.75 bits per heavy atom. The predicted molar refractivity (Wildman–Crippen MR) is 109 cm³/mol. The Morgan fingerprint density at radius 2 is 1.96 bits per heavy atom. The van der Waals surface area contributed by atoms with Gasteiger partial charge in [0.05, 0.1) is 29.6 Å². The quantitative estimate of drug-likeness (QED) is 0.550. The Morgan fingerprint density at radius 1 is 1.14 bits per heavy atom. The maximum Gasteiger partial charge on any atom is 0.257 e. The molecule has 1 N–H and O–H groups in total. The Balaban J connectivity index is 1.67.